The summed E-state index contributed by atoms with van der Waals surface area (Å²) in [4.78, 5) is 17.3. The van der Waals surface area contributed by atoms with Gasteiger partial charge in [-0.2, -0.15) is 0 Å². The molecule has 1 saturated carbocycles. The molecule has 0 saturated heterocycles. The van der Waals surface area contributed by atoms with Crippen LogP contribution < -0.4 is 5.32 Å². The van der Waals surface area contributed by atoms with Crippen molar-refractivity contribution in [2.75, 3.05) is 0 Å². The van der Waals surface area contributed by atoms with Gasteiger partial charge in [0.15, 0.2) is 0 Å². The Morgan fingerprint density at radius 2 is 2.08 bits per heavy atom. The lowest BCUT2D eigenvalue weighted by Crippen LogP contribution is -2.39. The molecule has 2 aromatic heterocycles. The van der Waals surface area contributed by atoms with E-state index in [4.69, 9.17) is 4.74 Å². The molecule has 1 aliphatic carbocycles. The number of nitrogens with zero attached hydrogens (tertiary/aromatic N) is 2. The number of hydrogen-bond acceptors (Lipinski definition) is 3. The zero-order valence-electron chi connectivity index (χ0n) is 15.7. The lowest BCUT2D eigenvalue weighted by atomic mass is 9.92. The van der Waals surface area contributed by atoms with Crippen LogP contribution in [0.15, 0.2) is 18.3 Å². The number of fused-ring (bicyclic) bond motifs is 1. The summed E-state index contributed by atoms with van der Waals surface area (Å²) in [6.07, 6.45) is 7.61. The van der Waals surface area contributed by atoms with Gasteiger partial charge in [0.1, 0.15) is 5.65 Å². The maximum atomic E-state index is 12.7. The minimum Gasteiger partial charge on any atom is -0.375 e. The number of hydrogen-bond donors (Lipinski definition) is 1. The van der Waals surface area contributed by atoms with Crippen LogP contribution in [0.5, 0.6) is 0 Å². The first-order valence-corrected chi connectivity index (χ1v) is 9.39. The number of aromatic nitrogens is 2. The maximum Gasteiger partial charge on any atom is 0.255 e. The molecule has 0 aromatic carbocycles. The first-order chi connectivity index (χ1) is 12.0. The molecule has 0 aliphatic heterocycles. The SMILES string of the molecule is CC[C@H](C)O[C@H]1CC[C@H](NC(=O)c2ccn3c(C)cc(C)nc23)CC1. The second-order valence-corrected chi connectivity index (χ2v) is 7.26. The van der Waals surface area contributed by atoms with Crippen molar-refractivity contribution in [1.29, 1.82) is 0 Å². The summed E-state index contributed by atoms with van der Waals surface area (Å²) in [6, 6.07) is 4.11. The fourth-order valence-corrected chi connectivity index (χ4v) is 3.60. The van der Waals surface area contributed by atoms with Gasteiger partial charge in [-0.15, -0.1) is 0 Å². The van der Waals surface area contributed by atoms with Crippen molar-refractivity contribution in [3.8, 4) is 0 Å². The third-order valence-corrected chi connectivity index (χ3v) is 5.19. The van der Waals surface area contributed by atoms with Crippen molar-refractivity contribution in [3.63, 3.8) is 0 Å². The number of ether oxygens (including phenoxy) is 1. The van der Waals surface area contributed by atoms with Gasteiger partial charge in [0.25, 0.3) is 5.91 Å². The minimum atomic E-state index is -0.0219. The highest BCUT2D eigenvalue weighted by atomic mass is 16.5. The van der Waals surface area contributed by atoms with Crippen LogP contribution in [0.4, 0.5) is 0 Å². The van der Waals surface area contributed by atoms with Crippen molar-refractivity contribution in [2.24, 2.45) is 0 Å². The molecule has 5 heteroatoms. The summed E-state index contributed by atoms with van der Waals surface area (Å²) in [5.74, 6) is -0.0219. The maximum absolute atomic E-state index is 12.7. The monoisotopic (exact) mass is 343 g/mol. The molecule has 0 bridgehead atoms. The first-order valence-electron chi connectivity index (χ1n) is 9.39. The lowest BCUT2D eigenvalue weighted by molar-refractivity contribution is -0.0257. The van der Waals surface area contributed by atoms with Crippen molar-refractivity contribution >= 4 is 11.6 Å². The van der Waals surface area contributed by atoms with Crippen LogP contribution >= 0.6 is 0 Å². The Labute approximate surface area is 149 Å². The average molecular weight is 343 g/mol. The predicted octanol–water partition coefficient (Wildman–Crippen LogP) is 3.81. The molecule has 1 aliphatic rings. The third-order valence-electron chi connectivity index (χ3n) is 5.19. The Morgan fingerprint density at radius 3 is 2.76 bits per heavy atom. The van der Waals surface area contributed by atoms with E-state index in [0.717, 1.165) is 49.1 Å². The summed E-state index contributed by atoms with van der Waals surface area (Å²) in [7, 11) is 0. The zero-order valence-corrected chi connectivity index (χ0v) is 15.7. The molecule has 136 valence electrons. The molecule has 2 heterocycles. The smallest absolute Gasteiger partial charge is 0.255 e. The molecular formula is C20H29N3O2. The molecular weight excluding hydrogens is 314 g/mol. The van der Waals surface area contributed by atoms with Crippen LogP contribution in [0.3, 0.4) is 0 Å². The van der Waals surface area contributed by atoms with E-state index in [-0.39, 0.29) is 11.9 Å². The Morgan fingerprint density at radius 1 is 1.36 bits per heavy atom. The van der Waals surface area contributed by atoms with E-state index >= 15 is 0 Å². The zero-order chi connectivity index (χ0) is 18.0. The molecule has 5 nitrogen and oxygen atoms in total. The van der Waals surface area contributed by atoms with Gasteiger partial charge in [0, 0.05) is 23.6 Å². The quantitative estimate of drug-likeness (QED) is 0.898. The summed E-state index contributed by atoms with van der Waals surface area (Å²) in [5.41, 5.74) is 3.42. The molecule has 2 aromatic rings. The number of rotatable bonds is 5. The van der Waals surface area contributed by atoms with Crippen LogP contribution in [0.25, 0.3) is 5.65 Å². The van der Waals surface area contributed by atoms with Gasteiger partial charge in [-0.25, -0.2) is 4.98 Å². The molecule has 25 heavy (non-hydrogen) atoms. The van der Waals surface area contributed by atoms with Crippen LogP contribution in [-0.4, -0.2) is 33.5 Å². The van der Waals surface area contributed by atoms with Gasteiger partial charge in [-0.3, -0.25) is 4.79 Å². The topological polar surface area (TPSA) is 55.6 Å². The molecule has 3 rings (SSSR count). The Balaban J connectivity index is 1.62. The number of nitrogens with one attached hydrogen (secondary N) is 1. The Hall–Kier alpha value is -1.88. The van der Waals surface area contributed by atoms with Crippen LogP contribution in [0.1, 0.15) is 67.7 Å². The van der Waals surface area contributed by atoms with Gasteiger partial charge >= 0.3 is 0 Å². The summed E-state index contributed by atoms with van der Waals surface area (Å²) < 4.78 is 7.99. The minimum absolute atomic E-state index is 0.0219. The Bertz CT molecular complexity index is 745. The summed E-state index contributed by atoms with van der Waals surface area (Å²) in [6.45, 7) is 8.27. The first kappa shape index (κ1) is 17.9. The standard InChI is InChI=1S/C20H29N3O2/c1-5-15(4)25-17-8-6-16(7-9-17)22-20(24)18-10-11-23-14(3)12-13(2)21-19(18)23/h10-12,15-17H,5-9H2,1-4H3,(H,22,24)/t15-,16-,17-/m0/s1. The fourth-order valence-electron chi connectivity index (χ4n) is 3.60. The Kier molecular flexibility index (Phi) is 5.42. The molecule has 1 fully saturated rings. The van der Waals surface area contributed by atoms with Gasteiger partial charge in [-0.05, 0) is 65.0 Å². The van der Waals surface area contributed by atoms with Crippen LogP contribution in [0, 0.1) is 13.8 Å². The number of carbonyl (C=O) groups excluding carboxylic acids is 1. The van der Waals surface area contributed by atoms with E-state index in [2.05, 4.69) is 24.1 Å². The van der Waals surface area contributed by atoms with Crippen molar-refractivity contribution in [1.82, 2.24) is 14.7 Å². The number of amides is 1. The summed E-state index contributed by atoms with van der Waals surface area (Å²) >= 11 is 0. The molecule has 0 spiro atoms. The lowest BCUT2D eigenvalue weighted by Gasteiger charge is -2.30. The molecule has 1 N–H and O–H groups in total. The van der Waals surface area contributed by atoms with E-state index in [1.165, 1.54) is 0 Å². The molecule has 0 radical (unpaired) electrons. The van der Waals surface area contributed by atoms with E-state index in [9.17, 15) is 4.79 Å². The number of aryl methyl sites for hydroxylation is 2. The highest BCUT2D eigenvalue weighted by Crippen LogP contribution is 2.23. The van der Waals surface area contributed by atoms with Crippen LogP contribution in [0.2, 0.25) is 0 Å². The molecule has 0 unspecified atom stereocenters. The highest BCUT2D eigenvalue weighted by Gasteiger charge is 2.25. The normalized spacial score (nSPS) is 22.1. The van der Waals surface area contributed by atoms with E-state index < -0.39 is 0 Å². The van der Waals surface area contributed by atoms with Crippen molar-refractivity contribution < 1.29 is 9.53 Å². The van der Waals surface area contributed by atoms with E-state index in [1.54, 1.807) is 0 Å². The fraction of sp³-hybridized carbons (Fsp3) is 0.600. The largest absolute Gasteiger partial charge is 0.375 e. The van der Waals surface area contributed by atoms with Crippen molar-refractivity contribution in [3.05, 3.63) is 35.3 Å². The van der Waals surface area contributed by atoms with Gasteiger partial charge in [-0.1, -0.05) is 6.92 Å². The van der Waals surface area contributed by atoms with Gasteiger partial charge in [0.05, 0.1) is 17.8 Å². The van der Waals surface area contributed by atoms with Gasteiger partial charge < -0.3 is 14.5 Å². The summed E-state index contributed by atoms with van der Waals surface area (Å²) in [5, 5.41) is 3.19. The average Bonchev–Trinajstić information content (AvgIpc) is 3.00. The second kappa shape index (κ2) is 7.56. The van der Waals surface area contributed by atoms with E-state index in [0.29, 0.717) is 17.8 Å². The second-order valence-electron chi connectivity index (χ2n) is 7.26. The molecule has 1 amide bonds. The highest BCUT2D eigenvalue weighted by molar-refractivity contribution is 6.00. The van der Waals surface area contributed by atoms with E-state index in [1.807, 2.05) is 36.6 Å². The van der Waals surface area contributed by atoms with Crippen molar-refractivity contribution in [2.45, 2.75) is 78.0 Å². The van der Waals surface area contributed by atoms with Gasteiger partial charge in [0.2, 0.25) is 0 Å². The predicted molar refractivity (Wildman–Crippen MR) is 99.0 cm³/mol. The molecule has 1 atom stereocenters. The third kappa shape index (κ3) is 4.03. The number of carbonyl (C=O) groups is 1. The van der Waals surface area contributed by atoms with Crippen LogP contribution in [-0.2, 0) is 4.74 Å².